The van der Waals surface area contributed by atoms with Crippen LogP contribution in [0.5, 0.6) is 0 Å². The number of aromatic nitrogens is 2. The molecule has 0 saturated heterocycles. The molecule has 102 valence electrons. The van der Waals surface area contributed by atoms with Gasteiger partial charge in [0.15, 0.2) is 0 Å². The highest BCUT2D eigenvalue weighted by molar-refractivity contribution is 7.80. The van der Waals surface area contributed by atoms with Crippen molar-refractivity contribution in [1.29, 1.82) is 0 Å². The number of carbonyl (C=O) groups excluding carboxylic acids is 1. The fraction of sp³-hybridized carbons (Fsp3) is 0.267. The number of hydrogen-bond acceptors (Lipinski definition) is 4. The van der Waals surface area contributed by atoms with Crippen molar-refractivity contribution in [2.75, 3.05) is 5.32 Å². The Hall–Kier alpha value is -1.88. The summed E-state index contributed by atoms with van der Waals surface area (Å²) in [5.41, 5.74) is 1.71. The van der Waals surface area contributed by atoms with Gasteiger partial charge in [-0.15, -0.1) is 12.6 Å². The fourth-order valence-corrected chi connectivity index (χ4v) is 2.46. The zero-order valence-corrected chi connectivity index (χ0v) is 12.0. The van der Waals surface area contributed by atoms with Gasteiger partial charge >= 0.3 is 0 Å². The first-order chi connectivity index (χ1) is 9.63. The summed E-state index contributed by atoms with van der Waals surface area (Å²) in [5, 5.41) is 2.92. The average molecular weight is 285 g/mol. The van der Waals surface area contributed by atoms with Crippen molar-refractivity contribution < 1.29 is 4.79 Å². The van der Waals surface area contributed by atoms with Crippen LogP contribution < -0.4 is 5.32 Å². The van der Waals surface area contributed by atoms with E-state index >= 15 is 0 Å². The van der Waals surface area contributed by atoms with Crippen LogP contribution in [0.15, 0.2) is 41.4 Å². The van der Waals surface area contributed by atoms with E-state index in [2.05, 4.69) is 27.9 Å². The van der Waals surface area contributed by atoms with Crippen LogP contribution in [0.3, 0.4) is 0 Å². The molecule has 1 heterocycles. The van der Waals surface area contributed by atoms with Crippen molar-refractivity contribution in [3.05, 3.63) is 48.0 Å². The summed E-state index contributed by atoms with van der Waals surface area (Å²) in [7, 11) is 0. The molecule has 1 amide bonds. The van der Waals surface area contributed by atoms with Gasteiger partial charge in [0.1, 0.15) is 5.82 Å². The highest BCUT2D eigenvalue weighted by Gasteiger charge is 2.46. The van der Waals surface area contributed by atoms with E-state index in [1.54, 1.807) is 6.20 Å². The molecule has 5 heteroatoms. The first-order valence-corrected chi connectivity index (χ1v) is 6.97. The second-order valence-electron chi connectivity index (χ2n) is 5.04. The van der Waals surface area contributed by atoms with Crippen molar-refractivity contribution in [3.8, 4) is 0 Å². The Kier molecular flexibility index (Phi) is 3.44. The van der Waals surface area contributed by atoms with E-state index in [1.807, 2.05) is 37.3 Å². The van der Waals surface area contributed by atoms with Crippen molar-refractivity contribution in [2.45, 2.75) is 24.2 Å². The maximum Gasteiger partial charge on any atom is 0.228 e. The molecular formula is C15H15N3OS. The maximum absolute atomic E-state index is 12.2. The second-order valence-corrected chi connectivity index (χ2v) is 5.56. The second kappa shape index (κ2) is 5.25. The van der Waals surface area contributed by atoms with Crippen molar-refractivity contribution >= 4 is 24.2 Å². The number of rotatable bonds is 3. The van der Waals surface area contributed by atoms with E-state index in [9.17, 15) is 4.79 Å². The lowest BCUT2D eigenvalue weighted by atomic mass is 10.2. The van der Waals surface area contributed by atoms with Crippen LogP contribution in [0.2, 0.25) is 0 Å². The van der Waals surface area contributed by atoms with Gasteiger partial charge in [-0.25, -0.2) is 9.97 Å². The van der Waals surface area contributed by atoms with E-state index in [0.29, 0.717) is 0 Å². The minimum absolute atomic E-state index is 0.0269. The minimum atomic E-state index is -0.0274. The van der Waals surface area contributed by atoms with Gasteiger partial charge in [0.05, 0.1) is 0 Å². The lowest BCUT2D eigenvalue weighted by Gasteiger charge is -2.05. The lowest BCUT2D eigenvalue weighted by molar-refractivity contribution is -0.117. The number of carbonyl (C=O) groups is 1. The van der Waals surface area contributed by atoms with Gasteiger partial charge < -0.3 is 5.32 Å². The van der Waals surface area contributed by atoms with Gasteiger partial charge in [0.2, 0.25) is 5.91 Å². The lowest BCUT2D eigenvalue weighted by Crippen LogP contribution is -2.15. The first-order valence-electron chi connectivity index (χ1n) is 6.53. The minimum Gasteiger partial charge on any atom is -0.326 e. The highest BCUT2D eigenvalue weighted by atomic mass is 32.1. The summed E-state index contributed by atoms with van der Waals surface area (Å²) < 4.78 is 0. The van der Waals surface area contributed by atoms with Crippen LogP contribution in [0.4, 0.5) is 5.69 Å². The largest absolute Gasteiger partial charge is 0.326 e. The molecule has 4 nitrogen and oxygen atoms in total. The number of amides is 1. The highest BCUT2D eigenvalue weighted by Crippen LogP contribution is 2.46. The maximum atomic E-state index is 12.2. The summed E-state index contributed by atoms with van der Waals surface area (Å²) >= 11 is 4.26. The number of hydrogen-bond donors (Lipinski definition) is 2. The van der Waals surface area contributed by atoms with Crippen LogP contribution in [-0.4, -0.2) is 15.9 Å². The number of nitrogens with one attached hydrogen (secondary N) is 1. The molecule has 0 radical (unpaired) electrons. The summed E-state index contributed by atoms with van der Waals surface area (Å²) in [4.78, 5) is 21.6. The fourth-order valence-electron chi connectivity index (χ4n) is 2.24. The topological polar surface area (TPSA) is 54.9 Å². The molecule has 0 aliphatic heterocycles. The molecule has 20 heavy (non-hydrogen) atoms. The predicted octanol–water partition coefficient (Wildman–Crippen LogP) is 2.82. The normalized spacial score (nSPS) is 20.5. The van der Waals surface area contributed by atoms with E-state index in [4.69, 9.17) is 0 Å². The number of nitrogens with zero attached hydrogens (tertiary/aromatic N) is 2. The van der Waals surface area contributed by atoms with Gasteiger partial charge in [-0.05, 0) is 37.6 Å². The Balaban J connectivity index is 1.66. The van der Waals surface area contributed by atoms with Crippen LogP contribution in [-0.2, 0) is 4.79 Å². The molecule has 3 rings (SSSR count). The molecule has 2 aromatic rings. The average Bonchev–Trinajstić information content (AvgIpc) is 3.19. The molecule has 1 fully saturated rings. The zero-order valence-electron chi connectivity index (χ0n) is 11.1. The summed E-state index contributed by atoms with van der Waals surface area (Å²) in [5.74, 6) is 0.918. The molecule has 0 spiro atoms. The third kappa shape index (κ3) is 2.82. The van der Waals surface area contributed by atoms with Gasteiger partial charge in [-0.3, -0.25) is 4.79 Å². The Labute approximate surface area is 123 Å². The van der Waals surface area contributed by atoms with E-state index in [0.717, 1.165) is 28.5 Å². The summed E-state index contributed by atoms with van der Waals surface area (Å²) in [6.45, 7) is 1.93. The van der Waals surface area contributed by atoms with Crippen molar-refractivity contribution in [3.63, 3.8) is 0 Å². The van der Waals surface area contributed by atoms with Crippen LogP contribution in [0.1, 0.15) is 23.9 Å². The number of benzene rings is 1. The summed E-state index contributed by atoms with van der Waals surface area (Å²) in [6, 6.07) is 9.30. The predicted molar refractivity (Wildman–Crippen MR) is 79.9 cm³/mol. The molecule has 0 unspecified atom stereocenters. The molecule has 1 aromatic heterocycles. The number of aryl methyl sites for hydroxylation is 1. The van der Waals surface area contributed by atoms with Gasteiger partial charge in [-0.1, -0.05) is 6.07 Å². The molecule has 2 atom stereocenters. The Morgan fingerprint density at radius 1 is 1.40 bits per heavy atom. The third-order valence-electron chi connectivity index (χ3n) is 3.39. The van der Waals surface area contributed by atoms with Crippen LogP contribution >= 0.6 is 12.6 Å². The van der Waals surface area contributed by atoms with Gasteiger partial charge in [-0.2, -0.15) is 0 Å². The van der Waals surface area contributed by atoms with Crippen LogP contribution in [0.25, 0.3) is 0 Å². The molecule has 1 N–H and O–H groups in total. The molecule has 0 bridgehead atoms. The van der Waals surface area contributed by atoms with E-state index in [1.165, 1.54) is 0 Å². The molecule has 1 aliphatic rings. The van der Waals surface area contributed by atoms with E-state index in [-0.39, 0.29) is 17.7 Å². The summed E-state index contributed by atoms with van der Waals surface area (Å²) in [6.07, 6.45) is 2.56. The van der Waals surface area contributed by atoms with Crippen molar-refractivity contribution in [2.24, 2.45) is 5.92 Å². The standard InChI is InChI=1S/C15H15N3OS/c1-9-5-6-16-14(17-9)12-8-13(12)15(19)18-10-3-2-4-11(20)7-10/h2-7,12-13,20H,8H2,1H3,(H,18,19)/t12-,13-/m0/s1. The molecule has 1 aromatic carbocycles. The van der Waals surface area contributed by atoms with E-state index < -0.39 is 0 Å². The number of anilines is 1. The SMILES string of the molecule is Cc1ccnc([C@H]2C[C@@H]2C(=O)Nc2cccc(S)c2)n1. The molecule has 1 aliphatic carbocycles. The Morgan fingerprint density at radius 3 is 3.00 bits per heavy atom. The third-order valence-corrected chi connectivity index (χ3v) is 3.66. The smallest absolute Gasteiger partial charge is 0.228 e. The van der Waals surface area contributed by atoms with Gasteiger partial charge in [0.25, 0.3) is 0 Å². The quantitative estimate of drug-likeness (QED) is 0.853. The number of thiol groups is 1. The van der Waals surface area contributed by atoms with Crippen LogP contribution in [0, 0.1) is 12.8 Å². The Bertz CT molecular complexity index is 659. The molecular weight excluding hydrogens is 270 g/mol. The van der Waals surface area contributed by atoms with Gasteiger partial charge in [0, 0.05) is 34.3 Å². The monoisotopic (exact) mass is 285 g/mol. The molecule has 1 saturated carbocycles. The van der Waals surface area contributed by atoms with Crippen molar-refractivity contribution in [1.82, 2.24) is 9.97 Å². The zero-order chi connectivity index (χ0) is 14.1. The first kappa shape index (κ1) is 13.1. The Morgan fingerprint density at radius 2 is 2.25 bits per heavy atom.